The normalized spacial score (nSPS) is 11.2. The van der Waals surface area contributed by atoms with E-state index in [-0.39, 0.29) is 16.5 Å². The smallest absolute Gasteiger partial charge is 0.417 e. The Hall–Kier alpha value is -3.54. The zero-order valence-corrected chi connectivity index (χ0v) is 20.1. The number of pyridine rings is 1. The number of hydrogen-bond acceptors (Lipinski definition) is 4. The minimum Gasteiger partial charge on any atom is -0.489 e. The molecule has 1 heterocycles. The highest BCUT2D eigenvalue weighted by molar-refractivity contribution is 7.98. The SMILES string of the molecule is N#Cc1c(C(F)(F)F)cc(-c2ccc(OCc3ccc(Cl)cc3)cc2)nc1SCc1ccc(F)cc1. The van der Waals surface area contributed by atoms with Crippen LogP contribution in [0.3, 0.4) is 0 Å². The first kappa shape index (κ1) is 25.5. The number of hydrogen-bond donors (Lipinski definition) is 0. The molecule has 0 spiro atoms. The molecule has 4 rings (SSSR count). The molecule has 0 aliphatic rings. The van der Waals surface area contributed by atoms with Gasteiger partial charge in [-0.05, 0) is 65.7 Å². The third kappa shape index (κ3) is 6.36. The van der Waals surface area contributed by atoms with E-state index in [4.69, 9.17) is 16.3 Å². The zero-order valence-electron chi connectivity index (χ0n) is 18.5. The summed E-state index contributed by atoms with van der Waals surface area (Å²) >= 11 is 6.87. The minimum absolute atomic E-state index is 0.0466. The van der Waals surface area contributed by atoms with Crippen molar-refractivity contribution in [2.24, 2.45) is 0 Å². The molecule has 0 unspecified atom stereocenters. The van der Waals surface area contributed by atoms with Gasteiger partial charge in [0.2, 0.25) is 0 Å². The Labute approximate surface area is 214 Å². The number of rotatable bonds is 7. The van der Waals surface area contributed by atoms with Crippen molar-refractivity contribution in [1.29, 1.82) is 5.26 Å². The van der Waals surface area contributed by atoms with Crippen LogP contribution in [0.2, 0.25) is 5.02 Å². The summed E-state index contributed by atoms with van der Waals surface area (Å²) in [4.78, 5) is 4.37. The fourth-order valence-corrected chi connectivity index (χ4v) is 4.39. The Morgan fingerprint density at radius 1 is 0.917 bits per heavy atom. The fourth-order valence-electron chi connectivity index (χ4n) is 3.31. The van der Waals surface area contributed by atoms with Crippen molar-refractivity contribution in [3.8, 4) is 23.1 Å². The first-order valence-corrected chi connectivity index (χ1v) is 12.0. The van der Waals surface area contributed by atoms with Crippen LogP contribution in [0.1, 0.15) is 22.3 Å². The number of aromatic nitrogens is 1. The van der Waals surface area contributed by atoms with Crippen LogP contribution in [0.5, 0.6) is 5.75 Å². The molecule has 0 saturated heterocycles. The second-order valence-electron chi connectivity index (χ2n) is 7.70. The van der Waals surface area contributed by atoms with E-state index in [1.54, 1.807) is 42.5 Å². The molecular weight excluding hydrogens is 512 g/mol. The van der Waals surface area contributed by atoms with Crippen molar-refractivity contribution in [1.82, 2.24) is 4.98 Å². The third-order valence-electron chi connectivity index (χ3n) is 5.16. The van der Waals surface area contributed by atoms with E-state index in [0.717, 1.165) is 23.4 Å². The predicted octanol–water partition coefficient (Wildman–Crippen LogP) is 8.30. The van der Waals surface area contributed by atoms with Gasteiger partial charge in [0.15, 0.2) is 0 Å². The molecule has 182 valence electrons. The highest BCUT2D eigenvalue weighted by atomic mass is 35.5. The number of thioether (sulfide) groups is 1. The molecule has 0 atom stereocenters. The summed E-state index contributed by atoms with van der Waals surface area (Å²) in [5, 5.41) is 10.1. The van der Waals surface area contributed by atoms with Gasteiger partial charge in [-0.15, -0.1) is 11.8 Å². The third-order valence-corrected chi connectivity index (χ3v) is 6.46. The molecule has 0 saturated carbocycles. The van der Waals surface area contributed by atoms with Crippen molar-refractivity contribution >= 4 is 23.4 Å². The van der Waals surface area contributed by atoms with E-state index < -0.39 is 23.1 Å². The first-order chi connectivity index (χ1) is 17.2. The standard InChI is InChI=1S/C27H17ClF4N2OS/c28-20-7-1-17(2-8-20)15-35-22-11-5-19(6-12-22)25-13-24(27(30,31)32)23(14-33)26(34-25)36-16-18-3-9-21(29)10-4-18/h1-13H,15-16H2. The zero-order chi connectivity index (χ0) is 25.7. The van der Waals surface area contributed by atoms with E-state index >= 15 is 0 Å². The molecule has 0 radical (unpaired) electrons. The Bertz CT molecular complexity index is 1380. The van der Waals surface area contributed by atoms with E-state index in [1.807, 2.05) is 12.1 Å². The number of alkyl halides is 3. The van der Waals surface area contributed by atoms with Crippen LogP contribution in [0.4, 0.5) is 17.6 Å². The summed E-state index contributed by atoms with van der Waals surface area (Å²) in [7, 11) is 0. The lowest BCUT2D eigenvalue weighted by molar-refractivity contribution is -0.138. The lowest BCUT2D eigenvalue weighted by Crippen LogP contribution is -2.10. The highest BCUT2D eigenvalue weighted by Gasteiger charge is 2.36. The largest absolute Gasteiger partial charge is 0.489 e. The van der Waals surface area contributed by atoms with Crippen molar-refractivity contribution in [2.45, 2.75) is 23.6 Å². The van der Waals surface area contributed by atoms with Gasteiger partial charge in [0.1, 0.15) is 29.3 Å². The highest BCUT2D eigenvalue weighted by Crippen LogP contribution is 2.38. The maximum Gasteiger partial charge on any atom is 0.417 e. The summed E-state index contributed by atoms with van der Waals surface area (Å²) in [6.45, 7) is 0.300. The van der Waals surface area contributed by atoms with Crippen molar-refractivity contribution < 1.29 is 22.3 Å². The molecule has 3 aromatic carbocycles. The summed E-state index contributed by atoms with van der Waals surface area (Å²) in [5.41, 5.74) is 0.517. The lowest BCUT2D eigenvalue weighted by atomic mass is 10.1. The predicted molar refractivity (Wildman–Crippen MR) is 131 cm³/mol. The number of ether oxygens (including phenoxy) is 1. The van der Waals surface area contributed by atoms with E-state index in [1.165, 1.54) is 24.3 Å². The monoisotopic (exact) mass is 528 g/mol. The molecule has 9 heteroatoms. The van der Waals surface area contributed by atoms with E-state index in [0.29, 0.717) is 28.5 Å². The van der Waals surface area contributed by atoms with Crippen LogP contribution in [-0.4, -0.2) is 4.98 Å². The van der Waals surface area contributed by atoms with Gasteiger partial charge in [0.25, 0.3) is 0 Å². The Kier molecular flexibility index (Phi) is 7.82. The van der Waals surface area contributed by atoms with Gasteiger partial charge >= 0.3 is 6.18 Å². The molecule has 0 N–H and O–H groups in total. The molecular formula is C27H17ClF4N2OS. The van der Waals surface area contributed by atoms with Gasteiger partial charge in [-0.2, -0.15) is 18.4 Å². The average molecular weight is 529 g/mol. The van der Waals surface area contributed by atoms with E-state index in [2.05, 4.69) is 4.98 Å². The molecule has 0 amide bonds. The average Bonchev–Trinajstić information content (AvgIpc) is 2.87. The quantitative estimate of drug-likeness (QED) is 0.179. The van der Waals surface area contributed by atoms with Gasteiger partial charge in [-0.25, -0.2) is 9.37 Å². The molecule has 0 aliphatic carbocycles. The van der Waals surface area contributed by atoms with Gasteiger partial charge in [-0.1, -0.05) is 35.9 Å². The van der Waals surface area contributed by atoms with Crippen molar-refractivity contribution in [3.05, 3.63) is 112 Å². The van der Waals surface area contributed by atoms with Crippen molar-refractivity contribution in [2.75, 3.05) is 0 Å². The van der Waals surface area contributed by atoms with Crippen LogP contribution in [0, 0.1) is 17.1 Å². The number of halogens is 5. The van der Waals surface area contributed by atoms with Gasteiger partial charge in [0, 0.05) is 16.3 Å². The van der Waals surface area contributed by atoms with Crippen LogP contribution >= 0.6 is 23.4 Å². The summed E-state index contributed by atoms with van der Waals surface area (Å²) in [6, 6.07) is 21.8. The van der Waals surface area contributed by atoms with Crippen LogP contribution in [0.25, 0.3) is 11.3 Å². The fraction of sp³-hybridized carbons (Fsp3) is 0.111. The first-order valence-electron chi connectivity index (χ1n) is 10.6. The van der Waals surface area contributed by atoms with Gasteiger partial charge in [-0.3, -0.25) is 0 Å². The van der Waals surface area contributed by atoms with Crippen LogP contribution in [-0.2, 0) is 18.5 Å². The van der Waals surface area contributed by atoms with Crippen molar-refractivity contribution in [3.63, 3.8) is 0 Å². The molecule has 0 bridgehead atoms. The Morgan fingerprint density at radius 2 is 1.56 bits per heavy atom. The molecule has 1 aromatic heterocycles. The molecule has 3 nitrogen and oxygen atoms in total. The van der Waals surface area contributed by atoms with Gasteiger partial charge in [0.05, 0.1) is 16.8 Å². The second kappa shape index (κ2) is 11.0. The maximum absolute atomic E-state index is 13.8. The van der Waals surface area contributed by atoms with E-state index in [9.17, 15) is 22.8 Å². The second-order valence-corrected chi connectivity index (χ2v) is 9.10. The summed E-state index contributed by atoms with van der Waals surface area (Å²) in [6.07, 6.45) is -4.74. The lowest BCUT2D eigenvalue weighted by Gasteiger charge is -2.15. The van der Waals surface area contributed by atoms with Gasteiger partial charge < -0.3 is 4.74 Å². The minimum atomic E-state index is -4.74. The molecule has 0 aliphatic heterocycles. The summed E-state index contributed by atoms with van der Waals surface area (Å²) < 4.78 is 60.3. The molecule has 4 aromatic rings. The Balaban J connectivity index is 1.60. The Morgan fingerprint density at radius 3 is 2.17 bits per heavy atom. The van der Waals surface area contributed by atoms with Crippen LogP contribution < -0.4 is 4.74 Å². The summed E-state index contributed by atoms with van der Waals surface area (Å²) in [5.74, 6) is 0.339. The topological polar surface area (TPSA) is 45.9 Å². The number of nitrogens with zero attached hydrogens (tertiary/aromatic N) is 2. The molecule has 0 fully saturated rings. The maximum atomic E-state index is 13.8. The molecule has 36 heavy (non-hydrogen) atoms. The number of benzene rings is 3. The van der Waals surface area contributed by atoms with Crippen LogP contribution in [0.15, 0.2) is 83.9 Å². The number of nitriles is 1.